The van der Waals surface area contributed by atoms with Crippen molar-refractivity contribution in [3.63, 3.8) is 0 Å². The smallest absolute Gasteiger partial charge is 0.266 e. The van der Waals surface area contributed by atoms with Gasteiger partial charge in [0.1, 0.15) is 0 Å². The molecule has 3 rings (SSSR count). The third-order valence-electron chi connectivity index (χ3n) is 3.42. The van der Waals surface area contributed by atoms with Crippen molar-refractivity contribution in [2.45, 2.75) is 6.54 Å². The first kappa shape index (κ1) is 19.0. The van der Waals surface area contributed by atoms with Crippen LogP contribution >= 0.6 is 47.8 Å². The van der Waals surface area contributed by atoms with Crippen LogP contribution in [-0.2, 0) is 6.54 Å². The zero-order valence-electron chi connectivity index (χ0n) is 13.4. The van der Waals surface area contributed by atoms with Crippen molar-refractivity contribution in [1.29, 1.82) is 0 Å². The molecule has 0 spiro atoms. The van der Waals surface area contributed by atoms with Crippen molar-refractivity contribution in [3.8, 4) is 0 Å². The number of rotatable bonds is 5. The summed E-state index contributed by atoms with van der Waals surface area (Å²) in [6.45, 7) is 0.570. The van der Waals surface area contributed by atoms with Crippen LogP contribution in [0.3, 0.4) is 0 Å². The van der Waals surface area contributed by atoms with Crippen molar-refractivity contribution in [3.05, 3.63) is 85.0 Å². The Bertz CT molecular complexity index is 951. The Balaban J connectivity index is 1.66. The number of halogens is 3. The number of carbonyl (C=O) groups excluding carboxylic acids is 1. The van der Waals surface area contributed by atoms with Crippen LogP contribution in [0, 0.1) is 0 Å². The maximum absolute atomic E-state index is 12.3. The summed E-state index contributed by atoms with van der Waals surface area (Å²) in [5.41, 5.74) is 4.74. The highest BCUT2D eigenvalue weighted by atomic mass is 79.9. The molecule has 0 aliphatic carbocycles. The monoisotopic (exact) mass is 538 g/mol. The minimum Gasteiger partial charge on any atom is -0.266 e. The topological polar surface area (TPSA) is 59.3 Å². The molecule has 0 fully saturated rings. The maximum Gasteiger partial charge on any atom is 0.293 e. The Labute approximate surface area is 175 Å². The standard InChI is InChI=1S/C18H13Br3N4O/c19-14-6-4-12(5-7-14)10-25-11-16(21)17(24-25)18(26)23-22-9-13-2-1-3-15(20)8-13/h1-9,11H,10H2,(H,23,26). The molecule has 2 aromatic carbocycles. The molecule has 26 heavy (non-hydrogen) atoms. The lowest BCUT2D eigenvalue weighted by atomic mass is 10.2. The predicted molar refractivity (Wildman–Crippen MR) is 112 cm³/mol. The summed E-state index contributed by atoms with van der Waals surface area (Å²) in [5, 5.41) is 8.31. The first-order valence-corrected chi connectivity index (χ1v) is 9.95. The highest BCUT2D eigenvalue weighted by Crippen LogP contribution is 2.17. The molecular weight excluding hydrogens is 528 g/mol. The average molecular weight is 541 g/mol. The van der Waals surface area contributed by atoms with E-state index in [0.29, 0.717) is 11.0 Å². The lowest BCUT2D eigenvalue weighted by molar-refractivity contribution is 0.0948. The van der Waals surface area contributed by atoms with Crippen LogP contribution in [0.4, 0.5) is 0 Å². The molecule has 1 amide bonds. The molecule has 8 heteroatoms. The number of aromatic nitrogens is 2. The van der Waals surface area contributed by atoms with E-state index >= 15 is 0 Å². The van der Waals surface area contributed by atoms with Crippen LogP contribution < -0.4 is 5.43 Å². The van der Waals surface area contributed by atoms with E-state index in [1.165, 1.54) is 0 Å². The van der Waals surface area contributed by atoms with E-state index in [4.69, 9.17) is 0 Å². The Hall–Kier alpha value is -1.77. The number of hydrogen-bond acceptors (Lipinski definition) is 3. The second-order valence-electron chi connectivity index (χ2n) is 5.40. The number of hydrazone groups is 1. The minimum absolute atomic E-state index is 0.286. The largest absolute Gasteiger partial charge is 0.293 e. The number of carbonyl (C=O) groups is 1. The van der Waals surface area contributed by atoms with Gasteiger partial charge in [-0.25, -0.2) is 5.43 Å². The van der Waals surface area contributed by atoms with Crippen LogP contribution in [0.5, 0.6) is 0 Å². The second-order valence-corrected chi connectivity index (χ2v) is 8.09. The van der Waals surface area contributed by atoms with Crippen LogP contribution in [0.1, 0.15) is 21.6 Å². The van der Waals surface area contributed by atoms with E-state index < -0.39 is 0 Å². The van der Waals surface area contributed by atoms with Crippen molar-refractivity contribution in [1.82, 2.24) is 15.2 Å². The van der Waals surface area contributed by atoms with Gasteiger partial charge in [0.2, 0.25) is 0 Å². The normalized spacial score (nSPS) is 11.0. The zero-order valence-corrected chi connectivity index (χ0v) is 18.1. The molecule has 5 nitrogen and oxygen atoms in total. The summed E-state index contributed by atoms with van der Waals surface area (Å²) in [6.07, 6.45) is 3.35. The van der Waals surface area contributed by atoms with Gasteiger partial charge in [-0.1, -0.05) is 56.1 Å². The molecule has 132 valence electrons. The maximum atomic E-state index is 12.3. The highest BCUT2D eigenvalue weighted by Gasteiger charge is 2.14. The van der Waals surface area contributed by atoms with Crippen LogP contribution in [0.25, 0.3) is 0 Å². The van der Waals surface area contributed by atoms with Crippen molar-refractivity contribution in [2.24, 2.45) is 5.10 Å². The zero-order chi connectivity index (χ0) is 18.5. The molecule has 0 saturated carbocycles. The van der Waals surface area contributed by atoms with E-state index in [9.17, 15) is 4.79 Å². The van der Waals surface area contributed by atoms with E-state index in [2.05, 4.69) is 63.4 Å². The lowest BCUT2D eigenvalue weighted by Crippen LogP contribution is -2.19. The first-order chi connectivity index (χ1) is 12.5. The Morgan fingerprint density at radius 3 is 2.62 bits per heavy atom. The molecular formula is C18H13Br3N4O. The van der Waals surface area contributed by atoms with Crippen molar-refractivity contribution < 1.29 is 4.79 Å². The van der Waals surface area contributed by atoms with Crippen LogP contribution in [0.2, 0.25) is 0 Å². The van der Waals surface area contributed by atoms with Gasteiger partial charge >= 0.3 is 0 Å². The molecule has 0 atom stereocenters. The van der Waals surface area contributed by atoms with Crippen LogP contribution in [0.15, 0.2) is 73.2 Å². The number of amides is 1. The molecule has 3 aromatic rings. The number of nitrogens with zero attached hydrogens (tertiary/aromatic N) is 3. The Morgan fingerprint density at radius 2 is 1.88 bits per heavy atom. The number of benzene rings is 2. The summed E-state index contributed by atoms with van der Waals surface area (Å²) in [7, 11) is 0. The lowest BCUT2D eigenvalue weighted by Gasteiger charge is -2.02. The summed E-state index contributed by atoms with van der Waals surface area (Å²) in [6, 6.07) is 15.6. The molecule has 0 aliphatic heterocycles. The van der Waals surface area contributed by atoms with Gasteiger partial charge in [0.25, 0.3) is 5.91 Å². The third-order valence-corrected chi connectivity index (χ3v) is 5.02. The molecule has 1 aromatic heterocycles. The van der Waals surface area contributed by atoms with Gasteiger partial charge in [-0.2, -0.15) is 10.2 Å². The van der Waals surface area contributed by atoms with Gasteiger partial charge in [0.15, 0.2) is 5.69 Å². The third kappa shape index (κ3) is 5.12. The first-order valence-electron chi connectivity index (χ1n) is 7.57. The van der Waals surface area contributed by atoms with E-state index in [-0.39, 0.29) is 11.6 Å². The molecule has 0 aliphatic rings. The summed E-state index contributed by atoms with van der Waals surface area (Å²) in [5.74, 6) is -0.377. The number of nitrogens with one attached hydrogen (secondary N) is 1. The Kier molecular flexibility index (Phi) is 6.39. The van der Waals surface area contributed by atoms with Gasteiger partial charge in [-0.3, -0.25) is 9.48 Å². The molecule has 1 N–H and O–H groups in total. The van der Waals surface area contributed by atoms with Gasteiger partial charge in [-0.05, 0) is 51.3 Å². The SMILES string of the molecule is O=C(NN=Cc1cccc(Br)c1)c1nn(Cc2ccc(Br)cc2)cc1Br. The van der Waals surface area contributed by atoms with Gasteiger partial charge in [-0.15, -0.1) is 0 Å². The molecule has 0 saturated heterocycles. The molecule has 0 radical (unpaired) electrons. The van der Waals surface area contributed by atoms with Gasteiger partial charge < -0.3 is 0 Å². The molecule has 0 bridgehead atoms. The fourth-order valence-corrected chi connectivity index (χ4v) is 3.39. The molecule has 1 heterocycles. The highest BCUT2D eigenvalue weighted by molar-refractivity contribution is 9.11. The Morgan fingerprint density at radius 1 is 1.12 bits per heavy atom. The number of hydrogen-bond donors (Lipinski definition) is 1. The summed E-state index contributed by atoms with van der Waals surface area (Å²) in [4.78, 5) is 12.3. The quantitative estimate of drug-likeness (QED) is 0.366. The van der Waals surface area contributed by atoms with E-state index in [1.54, 1.807) is 17.1 Å². The minimum atomic E-state index is -0.377. The fourth-order valence-electron chi connectivity index (χ4n) is 2.21. The summed E-state index contributed by atoms with van der Waals surface area (Å²) >= 11 is 10.2. The van der Waals surface area contributed by atoms with E-state index in [0.717, 1.165) is 20.1 Å². The van der Waals surface area contributed by atoms with Crippen LogP contribution in [-0.4, -0.2) is 21.9 Å². The van der Waals surface area contributed by atoms with Gasteiger partial charge in [0, 0.05) is 15.1 Å². The fraction of sp³-hybridized carbons (Fsp3) is 0.0556. The van der Waals surface area contributed by atoms with E-state index in [1.807, 2.05) is 48.5 Å². The van der Waals surface area contributed by atoms with Crippen molar-refractivity contribution >= 4 is 59.9 Å². The van der Waals surface area contributed by atoms with Gasteiger partial charge in [0.05, 0.1) is 17.2 Å². The molecule has 0 unspecified atom stereocenters. The van der Waals surface area contributed by atoms with Crippen molar-refractivity contribution in [2.75, 3.05) is 0 Å². The second kappa shape index (κ2) is 8.75. The average Bonchev–Trinajstić information content (AvgIpc) is 2.97. The summed E-state index contributed by atoms with van der Waals surface area (Å²) < 4.78 is 4.29. The predicted octanol–water partition coefficient (Wildman–Crippen LogP) is 4.98.